The molecule has 6 heteroatoms. The van der Waals surface area contributed by atoms with Crippen molar-refractivity contribution < 1.29 is 0 Å². The van der Waals surface area contributed by atoms with Crippen molar-refractivity contribution in [2.75, 3.05) is 30.8 Å². The largest absolute Gasteiger partial charge is 0.399 e. The highest BCUT2D eigenvalue weighted by Gasteiger charge is 2.14. The molecule has 126 valence electrons. The molecule has 0 aliphatic carbocycles. The molecule has 1 aliphatic rings. The Kier molecular flexibility index (Phi) is 6.16. The van der Waals surface area contributed by atoms with Gasteiger partial charge in [-0.2, -0.15) is 0 Å². The molecular formula is C18H18Cl3N3. The Morgan fingerprint density at radius 3 is 2.62 bits per heavy atom. The van der Waals surface area contributed by atoms with Crippen LogP contribution in [-0.4, -0.2) is 25.8 Å². The molecule has 3 rings (SSSR count). The fraction of sp³-hybridized carbons (Fsp3) is 0.167. The van der Waals surface area contributed by atoms with Crippen LogP contribution in [0.4, 0.5) is 11.4 Å². The number of fused-ring (bicyclic) bond motifs is 1. The van der Waals surface area contributed by atoms with Crippen LogP contribution in [0.2, 0.25) is 10.0 Å². The molecule has 0 saturated carbocycles. The van der Waals surface area contributed by atoms with Gasteiger partial charge in [-0.15, -0.1) is 12.4 Å². The van der Waals surface area contributed by atoms with Crippen molar-refractivity contribution in [1.29, 1.82) is 0 Å². The Labute approximate surface area is 158 Å². The van der Waals surface area contributed by atoms with Crippen LogP contribution < -0.4 is 10.6 Å². The quantitative estimate of drug-likeness (QED) is 0.747. The molecule has 0 aromatic heterocycles. The zero-order chi connectivity index (χ0) is 16.4. The van der Waals surface area contributed by atoms with Crippen molar-refractivity contribution in [2.24, 2.45) is 4.99 Å². The Morgan fingerprint density at radius 2 is 1.88 bits per heavy atom. The molecule has 0 saturated heterocycles. The van der Waals surface area contributed by atoms with Crippen molar-refractivity contribution in [3.63, 3.8) is 0 Å². The molecule has 2 N–H and O–H groups in total. The van der Waals surface area contributed by atoms with Crippen LogP contribution in [0.3, 0.4) is 0 Å². The number of benzene rings is 2. The Hall–Kier alpha value is -1.68. The number of nitrogen functional groups attached to an aromatic ring is 1. The zero-order valence-corrected chi connectivity index (χ0v) is 15.5. The minimum absolute atomic E-state index is 0. The first-order chi connectivity index (χ1) is 11.0. The fourth-order valence-corrected chi connectivity index (χ4v) is 2.85. The van der Waals surface area contributed by atoms with Gasteiger partial charge in [0.05, 0.1) is 22.3 Å². The standard InChI is InChI=1S/C18H17Cl2N3.ClH/c1-23-9-8-22-17(14-5-4-13(21)11-18(14)23)7-3-12-2-6-15(19)16(20)10-12;/h2-7,10-11H,8-9,21H2,1H3;1H/b7-3+;. The van der Waals surface area contributed by atoms with Gasteiger partial charge in [0.25, 0.3) is 0 Å². The van der Waals surface area contributed by atoms with E-state index in [9.17, 15) is 0 Å². The molecule has 0 spiro atoms. The van der Waals surface area contributed by atoms with Gasteiger partial charge in [-0.25, -0.2) is 0 Å². The predicted octanol–water partition coefficient (Wildman–Crippen LogP) is 4.95. The summed E-state index contributed by atoms with van der Waals surface area (Å²) in [7, 11) is 2.05. The fourth-order valence-electron chi connectivity index (χ4n) is 2.54. The van der Waals surface area contributed by atoms with Crippen LogP contribution in [-0.2, 0) is 0 Å². The molecule has 0 amide bonds. The van der Waals surface area contributed by atoms with E-state index in [0.717, 1.165) is 41.3 Å². The van der Waals surface area contributed by atoms with Crippen molar-refractivity contribution in [3.8, 4) is 0 Å². The normalized spacial score (nSPS) is 14.0. The summed E-state index contributed by atoms with van der Waals surface area (Å²) in [6.45, 7) is 1.60. The van der Waals surface area contributed by atoms with Crippen LogP contribution >= 0.6 is 35.6 Å². The highest BCUT2D eigenvalue weighted by Crippen LogP contribution is 2.27. The van der Waals surface area contributed by atoms with Gasteiger partial charge in [0, 0.05) is 30.5 Å². The lowest BCUT2D eigenvalue weighted by atomic mass is 10.0. The van der Waals surface area contributed by atoms with Crippen LogP contribution in [0, 0.1) is 0 Å². The van der Waals surface area contributed by atoms with Crippen molar-refractivity contribution in [1.82, 2.24) is 0 Å². The van der Waals surface area contributed by atoms with Gasteiger partial charge in [0.15, 0.2) is 0 Å². The first-order valence-corrected chi connectivity index (χ1v) is 8.09. The van der Waals surface area contributed by atoms with Gasteiger partial charge in [-0.05, 0) is 42.0 Å². The van der Waals surface area contributed by atoms with Gasteiger partial charge in [0.2, 0.25) is 0 Å². The molecule has 2 aromatic rings. The number of nitrogens with two attached hydrogens (primary N) is 1. The zero-order valence-electron chi connectivity index (χ0n) is 13.2. The topological polar surface area (TPSA) is 41.6 Å². The first kappa shape index (κ1) is 18.7. The number of anilines is 2. The van der Waals surface area contributed by atoms with E-state index in [0.29, 0.717) is 10.0 Å². The number of rotatable bonds is 2. The van der Waals surface area contributed by atoms with E-state index < -0.39 is 0 Å². The summed E-state index contributed by atoms with van der Waals surface area (Å²) in [6.07, 6.45) is 4.00. The molecule has 0 fully saturated rings. The van der Waals surface area contributed by atoms with E-state index in [1.165, 1.54) is 0 Å². The SMILES string of the molecule is CN1CCN=C(/C=C/c2ccc(Cl)c(Cl)c2)c2ccc(N)cc21.Cl. The summed E-state index contributed by atoms with van der Waals surface area (Å²) >= 11 is 12.0. The van der Waals surface area contributed by atoms with E-state index in [2.05, 4.69) is 16.9 Å². The molecule has 0 radical (unpaired) electrons. The third kappa shape index (κ3) is 4.04. The number of allylic oxidation sites excluding steroid dienone is 1. The second-order valence-electron chi connectivity index (χ2n) is 5.47. The van der Waals surface area contributed by atoms with Gasteiger partial charge >= 0.3 is 0 Å². The van der Waals surface area contributed by atoms with E-state index in [4.69, 9.17) is 28.9 Å². The average Bonchev–Trinajstić information content (AvgIpc) is 2.68. The number of benzodiazepines with no additional fused rings is 1. The number of aliphatic imine (C=N–C) groups is 1. The van der Waals surface area contributed by atoms with Crippen molar-refractivity contribution in [2.45, 2.75) is 0 Å². The van der Waals surface area contributed by atoms with Gasteiger partial charge in [0.1, 0.15) is 0 Å². The Bertz CT molecular complexity index is 800. The van der Waals surface area contributed by atoms with Crippen LogP contribution in [0.15, 0.2) is 47.5 Å². The molecule has 1 aliphatic heterocycles. The van der Waals surface area contributed by atoms with Gasteiger partial charge in [-0.1, -0.05) is 35.3 Å². The maximum Gasteiger partial charge on any atom is 0.0668 e. The summed E-state index contributed by atoms with van der Waals surface area (Å²) in [6, 6.07) is 11.5. The molecule has 0 atom stereocenters. The van der Waals surface area contributed by atoms with Gasteiger partial charge < -0.3 is 10.6 Å². The average molecular weight is 383 g/mol. The number of hydrogen-bond acceptors (Lipinski definition) is 3. The molecular weight excluding hydrogens is 365 g/mol. The van der Waals surface area contributed by atoms with E-state index in [1.807, 2.05) is 42.5 Å². The highest BCUT2D eigenvalue weighted by atomic mass is 35.5. The summed E-state index contributed by atoms with van der Waals surface area (Å²) in [5, 5.41) is 1.10. The maximum atomic E-state index is 6.06. The monoisotopic (exact) mass is 381 g/mol. The third-order valence-corrected chi connectivity index (χ3v) is 4.54. The van der Waals surface area contributed by atoms with Gasteiger partial charge in [-0.3, -0.25) is 4.99 Å². The van der Waals surface area contributed by atoms with Crippen LogP contribution in [0.5, 0.6) is 0 Å². The Balaban J connectivity index is 0.00000208. The van der Waals surface area contributed by atoms with E-state index in [-0.39, 0.29) is 12.4 Å². The second-order valence-corrected chi connectivity index (χ2v) is 6.29. The summed E-state index contributed by atoms with van der Waals surface area (Å²) in [4.78, 5) is 6.86. The summed E-state index contributed by atoms with van der Waals surface area (Å²) < 4.78 is 0. The second kappa shape index (κ2) is 7.93. The lowest BCUT2D eigenvalue weighted by Gasteiger charge is -2.19. The van der Waals surface area contributed by atoms with Crippen molar-refractivity contribution >= 4 is 58.8 Å². The lowest BCUT2D eigenvalue weighted by Crippen LogP contribution is -2.20. The minimum atomic E-state index is 0. The number of nitrogens with zero attached hydrogens (tertiary/aromatic N) is 2. The number of likely N-dealkylation sites (N-methyl/N-ethyl adjacent to an activating group) is 1. The molecule has 0 bridgehead atoms. The smallest absolute Gasteiger partial charge is 0.0668 e. The molecule has 24 heavy (non-hydrogen) atoms. The summed E-state index contributed by atoms with van der Waals surface area (Å²) in [5.41, 5.74) is 10.8. The molecule has 3 nitrogen and oxygen atoms in total. The van der Waals surface area contributed by atoms with Crippen LogP contribution in [0.25, 0.3) is 6.08 Å². The molecule has 0 unspecified atom stereocenters. The number of hydrogen-bond donors (Lipinski definition) is 1. The van der Waals surface area contributed by atoms with E-state index >= 15 is 0 Å². The van der Waals surface area contributed by atoms with Crippen LogP contribution in [0.1, 0.15) is 11.1 Å². The number of halogens is 3. The first-order valence-electron chi connectivity index (χ1n) is 7.33. The Morgan fingerprint density at radius 1 is 1.08 bits per heavy atom. The molecule has 1 heterocycles. The van der Waals surface area contributed by atoms with E-state index in [1.54, 1.807) is 6.07 Å². The van der Waals surface area contributed by atoms with Crippen molar-refractivity contribution in [3.05, 3.63) is 63.6 Å². The third-order valence-electron chi connectivity index (χ3n) is 3.80. The minimum Gasteiger partial charge on any atom is -0.399 e. The summed E-state index contributed by atoms with van der Waals surface area (Å²) in [5.74, 6) is 0. The predicted molar refractivity (Wildman–Crippen MR) is 108 cm³/mol. The molecule has 2 aromatic carbocycles. The lowest BCUT2D eigenvalue weighted by molar-refractivity contribution is 0.897. The maximum absolute atomic E-state index is 6.06. The highest BCUT2D eigenvalue weighted by molar-refractivity contribution is 6.42.